The Kier molecular flexibility index (Phi) is 4.36. The van der Waals surface area contributed by atoms with E-state index in [9.17, 15) is 0 Å². The van der Waals surface area contributed by atoms with Crippen molar-refractivity contribution in [2.24, 2.45) is 5.92 Å². The fourth-order valence-corrected chi connectivity index (χ4v) is 3.10. The van der Waals surface area contributed by atoms with E-state index in [1.807, 2.05) is 6.92 Å². The number of hydrogen-bond acceptors (Lipinski definition) is 4. The first-order valence-electron chi connectivity index (χ1n) is 8.10. The topological polar surface area (TPSA) is 46.0 Å². The van der Waals surface area contributed by atoms with Gasteiger partial charge >= 0.3 is 0 Å². The minimum absolute atomic E-state index is 0.734. The third-order valence-corrected chi connectivity index (χ3v) is 4.67. The van der Waals surface area contributed by atoms with Gasteiger partial charge in [-0.1, -0.05) is 0 Å². The average Bonchev–Trinajstić information content (AvgIpc) is 3.23. The van der Waals surface area contributed by atoms with Crippen LogP contribution in [0.2, 0.25) is 0 Å². The van der Waals surface area contributed by atoms with Crippen LogP contribution in [0.15, 0.2) is 0 Å². The molecule has 2 aliphatic rings. The normalized spacial score (nSPS) is 21.5. The van der Waals surface area contributed by atoms with E-state index in [-0.39, 0.29) is 0 Å². The van der Waals surface area contributed by atoms with Crippen LogP contribution in [0.5, 0.6) is 0 Å². The molecular weight excluding hydrogens is 250 g/mol. The van der Waals surface area contributed by atoms with Gasteiger partial charge in [0, 0.05) is 25.7 Å². The predicted molar refractivity (Wildman–Crippen MR) is 79.5 cm³/mol. The number of aryl methyl sites for hydroxylation is 1. The Bertz CT molecular complexity index is 429. The molecule has 20 heavy (non-hydrogen) atoms. The largest absolute Gasteiger partial charge is 0.314 e. The lowest BCUT2D eigenvalue weighted by molar-refractivity contribution is 0.184. The second-order valence-electron chi connectivity index (χ2n) is 6.31. The number of piperidine rings is 1. The van der Waals surface area contributed by atoms with Gasteiger partial charge in [-0.2, -0.15) is 0 Å². The Morgan fingerprint density at radius 2 is 1.90 bits per heavy atom. The molecule has 2 fully saturated rings. The first-order chi connectivity index (χ1) is 9.76. The Balaban J connectivity index is 1.45. The maximum Gasteiger partial charge on any atom is 0.147 e. The monoisotopic (exact) mass is 277 g/mol. The van der Waals surface area contributed by atoms with Crippen molar-refractivity contribution in [2.75, 3.05) is 19.6 Å². The SMILES string of the molecule is CCn1c(C)nnc1CN1CCC(NCC2CC2)CC1. The van der Waals surface area contributed by atoms with Gasteiger partial charge in [0.25, 0.3) is 0 Å². The highest BCUT2D eigenvalue weighted by molar-refractivity contribution is 4.94. The van der Waals surface area contributed by atoms with Crippen LogP contribution in [-0.2, 0) is 13.1 Å². The fourth-order valence-electron chi connectivity index (χ4n) is 3.10. The average molecular weight is 277 g/mol. The second-order valence-corrected chi connectivity index (χ2v) is 6.31. The Morgan fingerprint density at radius 1 is 1.15 bits per heavy atom. The summed E-state index contributed by atoms with van der Waals surface area (Å²) in [4.78, 5) is 2.52. The first-order valence-corrected chi connectivity index (χ1v) is 8.10. The summed E-state index contributed by atoms with van der Waals surface area (Å²) >= 11 is 0. The number of rotatable bonds is 6. The van der Waals surface area contributed by atoms with Crippen molar-refractivity contribution in [3.8, 4) is 0 Å². The summed E-state index contributed by atoms with van der Waals surface area (Å²) in [5.41, 5.74) is 0. The van der Waals surface area contributed by atoms with Gasteiger partial charge in [0.2, 0.25) is 0 Å². The molecule has 1 aliphatic carbocycles. The zero-order valence-electron chi connectivity index (χ0n) is 12.8. The third-order valence-electron chi connectivity index (χ3n) is 4.67. The number of nitrogens with zero attached hydrogens (tertiary/aromatic N) is 4. The molecule has 5 nitrogen and oxygen atoms in total. The predicted octanol–water partition coefficient (Wildman–Crippen LogP) is 1.57. The quantitative estimate of drug-likeness (QED) is 0.857. The van der Waals surface area contributed by atoms with Crippen LogP contribution < -0.4 is 5.32 Å². The van der Waals surface area contributed by atoms with Crippen molar-refractivity contribution in [1.29, 1.82) is 0 Å². The summed E-state index contributed by atoms with van der Waals surface area (Å²) < 4.78 is 2.22. The Labute approximate surface area is 121 Å². The fraction of sp³-hybridized carbons (Fsp3) is 0.867. The highest BCUT2D eigenvalue weighted by Gasteiger charge is 2.24. The lowest BCUT2D eigenvalue weighted by Crippen LogP contribution is -2.43. The van der Waals surface area contributed by atoms with Gasteiger partial charge in [-0.3, -0.25) is 4.90 Å². The van der Waals surface area contributed by atoms with Gasteiger partial charge in [-0.05, 0) is 52.0 Å². The van der Waals surface area contributed by atoms with Crippen molar-refractivity contribution in [2.45, 2.75) is 58.7 Å². The highest BCUT2D eigenvalue weighted by atomic mass is 15.3. The number of likely N-dealkylation sites (tertiary alicyclic amines) is 1. The minimum atomic E-state index is 0.734. The number of aromatic nitrogens is 3. The molecule has 112 valence electrons. The Hall–Kier alpha value is -0.940. The van der Waals surface area contributed by atoms with Crippen LogP contribution in [0, 0.1) is 12.8 Å². The molecule has 1 aromatic rings. The summed E-state index contributed by atoms with van der Waals surface area (Å²) in [5.74, 6) is 3.14. The number of hydrogen-bond donors (Lipinski definition) is 1. The molecule has 1 saturated carbocycles. The molecule has 0 unspecified atom stereocenters. The minimum Gasteiger partial charge on any atom is -0.314 e. The molecule has 2 heterocycles. The number of nitrogens with one attached hydrogen (secondary N) is 1. The molecule has 5 heteroatoms. The van der Waals surface area contributed by atoms with Gasteiger partial charge in [0.15, 0.2) is 0 Å². The van der Waals surface area contributed by atoms with E-state index >= 15 is 0 Å². The van der Waals surface area contributed by atoms with Crippen LogP contribution in [-0.4, -0.2) is 45.3 Å². The summed E-state index contributed by atoms with van der Waals surface area (Å²) in [6.07, 6.45) is 5.42. The molecule has 0 bridgehead atoms. The van der Waals surface area contributed by atoms with Crippen LogP contribution >= 0.6 is 0 Å². The molecule has 1 aromatic heterocycles. The van der Waals surface area contributed by atoms with Crippen molar-refractivity contribution in [1.82, 2.24) is 25.0 Å². The standard InChI is InChI=1S/C15H27N5/c1-3-20-12(2)17-18-15(20)11-19-8-6-14(7-9-19)16-10-13-4-5-13/h13-14,16H,3-11H2,1-2H3. The van der Waals surface area contributed by atoms with Crippen LogP contribution in [0.4, 0.5) is 0 Å². The highest BCUT2D eigenvalue weighted by Crippen LogP contribution is 2.28. The Morgan fingerprint density at radius 3 is 2.55 bits per heavy atom. The molecule has 0 amide bonds. The van der Waals surface area contributed by atoms with E-state index in [0.29, 0.717) is 0 Å². The maximum atomic E-state index is 4.32. The molecule has 0 radical (unpaired) electrons. The van der Waals surface area contributed by atoms with E-state index in [1.165, 1.54) is 45.3 Å². The smallest absolute Gasteiger partial charge is 0.147 e. The first kappa shape index (κ1) is 14.0. The molecule has 1 aliphatic heterocycles. The van der Waals surface area contributed by atoms with Gasteiger partial charge in [0.05, 0.1) is 6.54 Å². The van der Waals surface area contributed by atoms with Crippen molar-refractivity contribution in [3.63, 3.8) is 0 Å². The molecular formula is C15H27N5. The van der Waals surface area contributed by atoms with Gasteiger partial charge in [-0.25, -0.2) is 0 Å². The molecule has 3 rings (SSSR count). The van der Waals surface area contributed by atoms with Crippen molar-refractivity contribution in [3.05, 3.63) is 11.6 Å². The van der Waals surface area contributed by atoms with Gasteiger partial charge in [-0.15, -0.1) is 10.2 Å². The summed E-state index contributed by atoms with van der Waals surface area (Å²) in [6, 6.07) is 0.734. The summed E-state index contributed by atoms with van der Waals surface area (Å²) in [6.45, 7) is 9.71. The van der Waals surface area contributed by atoms with Crippen LogP contribution in [0.3, 0.4) is 0 Å². The zero-order valence-corrected chi connectivity index (χ0v) is 12.8. The second kappa shape index (κ2) is 6.22. The van der Waals surface area contributed by atoms with Gasteiger partial charge in [0.1, 0.15) is 11.6 Å². The zero-order chi connectivity index (χ0) is 13.9. The van der Waals surface area contributed by atoms with E-state index in [0.717, 1.165) is 36.7 Å². The molecule has 1 saturated heterocycles. The molecule has 0 spiro atoms. The van der Waals surface area contributed by atoms with Crippen LogP contribution in [0.1, 0.15) is 44.3 Å². The van der Waals surface area contributed by atoms with Crippen molar-refractivity contribution < 1.29 is 0 Å². The van der Waals surface area contributed by atoms with Crippen molar-refractivity contribution >= 4 is 0 Å². The van der Waals surface area contributed by atoms with E-state index in [4.69, 9.17) is 0 Å². The molecule has 0 aromatic carbocycles. The lowest BCUT2D eigenvalue weighted by Gasteiger charge is -2.32. The molecule has 1 N–H and O–H groups in total. The summed E-state index contributed by atoms with van der Waals surface area (Å²) in [7, 11) is 0. The van der Waals surface area contributed by atoms with E-state index < -0.39 is 0 Å². The van der Waals surface area contributed by atoms with Gasteiger partial charge < -0.3 is 9.88 Å². The maximum absolute atomic E-state index is 4.32. The van der Waals surface area contributed by atoms with E-state index in [2.05, 4.69) is 31.9 Å². The summed E-state index contributed by atoms with van der Waals surface area (Å²) in [5, 5.41) is 12.3. The third kappa shape index (κ3) is 3.38. The van der Waals surface area contributed by atoms with Crippen LogP contribution in [0.25, 0.3) is 0 Å². The lowest BCUT2D eigenvalue weighted by atomic mass is 10.0. The molecule has 0 atom stereocenters. The van der Waals surface area contributed by atoms with E-state index in [1.54, 1.807) is 0 Å².